The number of amides is 1. The van der Waals surface area contributed by atoms with Crippen LogP contribution in [0.2, 0.25) is 0 Å². The van der Waals surface area contributed by atoms with Crippen LogP contribution in [-0.4, -0.2) is 41.7 Å². The van der Waals surface area contributed by atoms with Gasteiger partial charge in [0.15, 0.2) is 0 Å². The molecule has 1 saturated heterocycles. The van der Waals surface area contributed by atoms with Crippen LogP contribution >= 0.6 is 0 Å². The van der Waals surface area contributed by atoms with E-state index in [2.05, 4.69) is 0 Å². The smallest absolute Gasteiger partial charge is 0.241 e. The summed E-state index contributed by atoms with van der Waals surface area (Å²) in [4.78, 5) is 12.6. The first-order valence-corrected chi connectivity index (χ1v) is 3.80. The minimum absolute atomic E-state index is 0.00491. The number of hydrogen-bond donors (Lipinski definition) is 2. The van der Waals surface area contributed by atoms with E-state index in [1.807, 2.05) is 6.92 Å². The molecule has 1 rings (SSSR count). The highest BCUT2D eigenvalue weighted by atomic mass is 16.3. The zero-order valence-corrected chi connectivity index (χ0v) is 6.66. The van der Waals surface area contributed by atoms with Crippen LogP contribution in [0, 0.1) is 5.92 Å². The summed E-state index contributed by atoms with van der Waals surface area (Å²) in [5.41, 5.74) is 5.38. The first-order valence-electron chi connectivity index (χ1n) is 3.80. The third-order valence-corrected chi connectivity index (χ3v) is 1.89. The minimum atomic E-state index is -0.291. The Morgan fingerprint density at radius 3 is 2.91 bits per heavy atom. The van der Waals surface area contributed by atoms with Crippen LogP contribution in [0.1, 0.15) is 6.92 Å². The lowest BCUT2D eigenvalue weighted by Crippen LogP contribution is -2.61. The van der Waals surface area contributed by atoms with E-state index in [-0.39, 0.29) is 24.5 Å². The zero-order chi connectivity index (χ0) is 8.43. The third-order valence-electron chi connectivity index (χ3n) is 1.89. The van der Waals surface area contributed by atoms with Gasteiger partial charge in [-0.15, -0.1) is 0 Å². The average molecular weight is 158 g/mol. The van der Waals surface area contributed by atoms with E-state index in [4.69, 9.17) is 10.8 Å². The summed E-state index contributed by atoms with van der Waals surface area (Å²) in [6, 6.07) is -0.291. The number of nitrogens with two attached hydrogens (primary N) is 1. The maximum Gasteiger partial charge on any atom is 0.241 e. The Kier molecular flexibility index (Phi) is 2.46. The van der Waals surface area contributed by atoms with Gasteiger partial charge in [-0.1, -0.05) is 6.92 Å². The summed E-state index contributed by atoms with van der Waals surface area (Å²) in [5, 5.41) is 8.69. The molecule has 1 amide bonds. The van der Waals surface area contributed by atoms with Gasteiger partial charge in [0, 0.05) is 19.7 Å². The van der Waals surface area contributed by atoms with Gasteiger partial charge < -0.3 is 15.7 Å². The fraction of sp³-hybridized carbons (Fsp3) is 0.857. The van der Waals surface area contributed by atoms with Crippen LogP contribution in [-0.2, 0) is 4.79 Å². The SMILES string of the molecule is CC(CO)CN1CC(N)C1=O. The van der Waals surface area contributed by atoms with E-state index >= 15 is 0 Å². The molecule has 1 aliphatic heterocycles. The molecule has 3 N–H and O–H groups in total. The minimum Gasteiger partial charge on any atom is -0.396 e. The number of β-lactam (4-membered cyclic amide) rings is 1. The molecule has 0 radical (unpaired) electrons. The van der Waals surface area contributed by atoms with Crippen molar-refractivity contribution in [2.24, 2.45) is 11.7 Å². The molecule has 2 atom stereocenters. The fourth-order valence-corrected chi connectivity index (χ4v) is 1.13. The molecular weight excluding hydrogens is 144 g/mol. The van der Waals surface area contributed by atoms with E-state index in [0.29, 0.717) is 13.1 Å². The number of hydrogen-bond acceptors (Lipinski definition) is 3. The number of aliphatic hydroxyl groups excluding tert-OH is 1. The highest BCUT2D eigenvalue weighted by molar-refractivity contribution is 5.87. The van der Waals surface area contributed by atoms with Crippen molar-refractivity contribution in [3.05, 3.63) is 0 Å². The Balaban J connectivity index is 2.25. The lowest BCUT2D eigenvalue weighted by molar-refractivity contribution is -0.143. The van der Waals surface area contributed by atoms with Crippen molar-refractivity contribution in [3.63, 3.8) is 0 Å². The van der Waals surface area contributed by atoms with Crippen LogP contribution in [0.25, 0.3) is 0 Å². The van der Waals surface area contributed by atoms with Gasteiger partial charge in [-0.25, -0.2) is 0 Å². The van der Waals surface area contributed by atoms with Crippen molar-refractivity contribution in [3.8, 4) is 0 Å². The number of nitrogens with zero attached hydrogens (tertiary/aromatic N) is 1. The first kappa shape index (κ1) is 8.49. The monoisotopic (exact) mass is 158 g/mol. The van der Waals surface area contributed by atoms with Gasteiger partial charge in [0.1, 0.15) is 6.04 Å². The molecule has 0 bridgehead atoms. The Labute approximate surface area is 66.0 Å². The van der Waals surface area contributed by atoms with Gasteiger partial charge in [-0.05, 0) is 5.92 Å². The first-order chi connectivity index (χ1) is 5.15. The predicted molar refractivity (Wildman–Crippen MR) is 40.8 cm³/mol. The quantitative estimate of drug-likeness (QED) is 0.506. The second-order valence-corrected chi connectivity index (χ2v) is 3.14. The third kappa shape index (κ3) is 1.70. The Bertz CT molecular complexity index is 161. The number of likely N-dealkylation sites (tertiary alicyclic amines) is 1. The summed E-state index contributed by atoms with van der Waals surface area (Å²) in [5.74, 6) is 0.164. The van der Waals surface area contributed by atoms with E-state index in [9.17, 15) is 4.79 Å². The van der Waals surface area contributed by atoms with E-state index < -0.39 is 0 Å². The molecule has 0 aromatic carbocycles. The van der Waals surface area contributed by atoms with Crippen LogP contribution < -0.4 is 5.73 Å². The normalized spacial score (nSPS) is 26.6. The topological polar surface area (TPSA) is 66.6 Å². The van der Waals surface area contributed by atoms with Crippen molar-refractivity contribution >= 4 is 5.91 Å². The van der Waals surface area contributed by atoms with Crippen molar-refractivity contribution in [1.82, 2.24) is 4.90 Å². The summed E-state index contributed by atoms with van der Waals surface area (Å²) in [6.07, 6.45) is 0. The molecule has 1 fully saturated rings. The second-order valence-electron chi connectivity index (χ2n) is 3.14. The lowest BCUT2D eigenvalue weighted by Gasteiger charge is -2.37. The molecule has 0 aromatic heterocycles. The number of aliphatic hydroxyl groups is 1. The van der Waals surface area contributed by atoms with Crippen molar-refractivity contribution < 1.29 is 9.90 Å². The largest absolute Gasteiger partial charge is 0.396 e. The number of carbonyl (C=O) groups excluding carboxylic acids is 1. The Hall–Kier alpha value is -0.610. The van der Waals surface area contributed by atoms with Crippen LogP contribution in [0.4, 0.5) is 0 Å². The van der Waals surface area contributed by atoms with Gasteiger partial charge in [-0.3, -0.25) is 4.79 Å². The van der Waals surface area contributed by atoms with Crippen molar-refractivity contribution in [2.45, 2.75) is 13.0 Å². The maximum atomic E-state index is 10.9. The molecule has 1 heterocycles. The molecule has 4 heteroatoms. The average Bonchev–Trinajstić information content (AvgIpc) is 2.03. The summed E-state index contributed by atoms with van der Waals surface area (Å²) in [6.45, 7) is 3.29. The molecule has 0 aromatic rings. The van der Waals surface area contributed by atoms with Gasteiger partial charge in [0.2, 0.25) is 5.91 Å². The van der Waals surface area contributed by atoms with Gasteiger partial charge in [-0.2, -0.15) is 0 Å². The Morgan fingerprint density at radius 2 is 2.55 bits per heavy atom. The summed E-state index contributed by atoms with van der Waals surface area (Å²) >= 11 is 0. The lowest BCUT2D eigenvalue weighted by atomic mass is 10.1. The summed E-state index contributed by atoms with van der Waals surface area (Å²) < 4.78 is 0. The van der Waals surface area contributed by atoms with Crippen LogP contribution in [0.3, 0.4) is 0 Å². The zero-order valence-electron chi connectivity index (χ0n) is 6.66. The van der Waals surface area contributed by atoms with Gasteiger partial charge in [0.05, 0.1) is 0 Å². The molecule has 11 heavy (non-hydrogen) atoms. The standard InChI is InChI=1S/C7H14N2O2/c1-5(4-10)2-9-3-6(8)7(9)11/h5-6,10H,2-4,8H2,1H3. The van der Waals surface area contributed by atoms with Crippen molar-refractivity contribution in [2.75, 3.05) is 19.7 Å². The molecule has 0 spiro atoms. The predicted octanol–water partition coefficient (Wildman–Crippen LogP) is -1.22. The van der Waals surface area contributed by atoms with Crippen LogP contribution in [0.15, 0.2) is 0 Å². The molecule has 1 aliphatic rings. The molecule has 2 unspecified atom stereocenters. The molecule has 4 nitrogen and oxygen atoms in total. The number of rotatable bonds is 3. The number of carbonyl (C=O) groups is 1. The van der Waals surface area contributed by atoms with E-state index in [1.165, 1.54) is 0 Å². The second kappa shape index (κ2) is 3.19. The van der Waals surface area contributed by atoms with Gasteiger partial charge >= 0.3 is 0 Å². The van der Waals surface area contributed by atoms with Crippen LogP contribution in [0.5, 0.6) is 0 Å². The highest BCUT2D eigenvalue weighted by Crippen LogP contribution is 2.10. The summed E-state index contributed by atoms with van der Waals surface area (Å²) in [7, 11) is 0. The van der Waals surface area contributed by atoms with Crippen molar-refractivity contribution in [1.29, 1.82) is 0 Å². The van der Waals surface area contributed by atoms with E-state index in [0.717, 1.165) is 0 Å². The highest BCUT2D eigenvalue weighted by Gasteiger charge is 2.33. The fourth-order valence-electron chi connectivity index (χ4n) is 1.13. The molecule has 0 saturated carbocycles. The van der Waals surface area contributed by atoms with Gasteiger partial charge in [0.25, 0.3) is 0 Å². The maximum absolute atomic E-state index is 10.9. The molecular formula is C7H14N2O2. The molecule has 0 aliphatic carbocycles. The van der Waals surface area contributed by atoms with E-state index in [1.54, 1.807) is 4.90 Å². The molecule has 64 valence electrons. The Morgan fingerprint density at radius 1 is 1.91 bits per heavy atom.